The molecule has 0 fully saturated rings. The van der Waals surface area contributed by atoms with Crippen LogP contribution in [-0.4, -0.2) is 5.11 Å². The van der Waals surface area contributed by atoms with E-state index in [0.29, 0.717) is 19.3 Å². The Morgan fingerprint density at radius 3 is 2.53 bits per heavy atom. The zero-order valence-corrected chi connectivity index (χ0v) is 8.37. The van der Waals surface area contributed by atoms with Crippen molar-refractivity contribution < 1.29 is 13.9 Å². The summed E-state index contributed by atoms with van der Waals surface area (Å²) in [4.78, 5) is 0. The molecule has 0 radical (unpaired) electrons. The van der Waals surface area contributed by atoms with E-state index in [9.17, 15) is 13.9 Å². The summed E-state index contributed by atoms with van der Waals surface area (Å²) >= 11 is 0. The third kappa shape index (κ3) is 4.70. The topological polar surface area (TPSA) is 20.2 Å². The van der Waals surface area contributed by atoms with Gasteiger partial charge in [0.2, 0.25) is 0 Å². The van der Waals surface area contributed by atoms with Gasteiger partial charge >= 0.3 is 0 Å². The molecule has 0 aliphatic heterocycles. The Morgan fingerprint density at radius 2 is 1.93 bits per heavy atom. The Morgan fingerprint density at radius 1 is 1.27 bits per heavy atom. The minimum Gasteiger partial charge on any atom is -0.388 e. The number of allylic oxidation sites excluding steroid dienone is 1. The number of benzene rings is 1. The molecule has 1 aromatic carbocycles. The number of halogens is 2. The standard InChI is InChI=1S/C12H14F2O/c13-12(14)9-5-4-8-11(15)10-6-2-1-3-7-10/h1-3,6-7,9,11,15H,4-5,8H2. The largest absolute Gasteiger partial charge is 0.388 e. The molecule has 0 aromatic heterocycles. The second-order valence-electron chi connectivity index (χ2n) is 3.35. The Bertz CT molecular complexity index is 305. The molecular formula is C12H14F2O. The van der Waals surface area contributed by atoms with Crippen molar-refractivity contribution in [3.63, 3.8) is 0 Å². The Hall–Kier alpha value is -1.22. The van der Waals surface area contributed by atoms with Crippen molar-refractivity contribution in [2.45, 2.75) is 25.4 Å². The monoisotopic (exact) mass is 212 g/mol. The third-order valence-electron chi connectivity index (χ3n) is 2.16. The van der Waals surface area contributed by atoms with Crippen LogP contribution >= 0.6 is 0 Å². The maximum absolute atomic E-state index is 11.7. The molecule has 1 nitrogen and oxygen atoms in total. The number of rotatable bonds is 5. The summed E-state index contributed by atoms with van der Waals surface area (Å²) < 4.78 is 23.4. The normalized spacial score (nSPS) is 12.2. The highest BCUT2D eigenvalue weighted by atomic mass is 19.3. The lowest BCUT2D eigenvalue weighted by atomic mass is 10.0. The predicted molar refractivity (Wildman–Crippen MR) is 55.6 cm³/mol. The van der Waals surface area contributed by atoms with Crippen LogP contribution in [0.25, 0.3) is 0 Å². The zero-order valence-electron chi connectivity index (χ0n) is 8.37. The highest BCUT2D eigenvalue weighted by molar-refractivity contribution is 5.17. The summed E-state index contributed by atoms with van der Waals surface area (Å²) in [6.07, 6.45) is 0.0666. The van der Waals surface area contributed by atoms with Crippen molar-refractivity contribution in [3.8, 4) is 0 Å². The minimum absolute atomic E-state index is 0.312. The van der Waals surface area contributed by atoms with Crippen molar-refractivity contribution in [2.75, 3.05) is 0 Å². The zero-order chi connectivity index (χ0) is 11.1. The smallest absolute Gasteiger partial charge is 0.266 e. The molecule has 1 unspecified atom stereocenters. The van der Waals surface area contributed by atoms with Gasteiger partial charge in [-0.3, -0.25) is 0 Å². The van der Waals surface area contributed by atoms with Crippen molar-refractivity contribution in [2.24, 2.45) is 0 Å². The maximum atomic E-state index is 11.7. The van der Waals surface area contributed by atoms with Gasteiger partial charge in [0.05, 0.1) is 6.10 Å². The molecule has 0 amide bonds. The lowest BCUT2D eigenvalue weighted by molar-refractivity contribution is 0.165. The molecule has 0 spiro atoms. The molecule has 1 aromatic rings. The second kappa shape index (κ2) is 6.30. The molecule has 0 bridgehead atoms. The molecule has 0 saturated carbocycles. The molecule has 0 aliphatic carbocycles. The molecule has 0 saturated heterocycles. The molecule has 15 heavy (non-hydrogen) atoms. The lowest BCUT2D eigenvalue weighted by Crippen LogP contribution is -1.96. The molecule has 1 rings (SSSR count). The van der Waals surface area contributed by atoms with Crippen molar-refractivity contribution >= 4 is 0 Å². The Labute approximate surface area is 88.1 Å². The molecular weight excluding hydrogens is 198 g/mol. The summed E-state index contributed by atoms with van der Waals surface area (Å²) in [5, 5.41) is 9.68. The first-order valence-corrected chi connectivity index (χ1v) is 4.94. The van der Waals surface area contributed by atoms with E-state index in [1.807, 2.05) is 30.3 Å². The summed E-state index contributed by atoms with van der Waals surface area (Å²) in [6, 6.07) is 9.23. The lowest BCUT2D eigenvalue weighted by Gasteiger charge is -2.09. The van der Waals surface area contributed by atoms with Gasteiger partial charge in [-0.15, -0.1) is 0 Å². The number of unbranched alkanes of at least 4 members (excludes halogenated alkanes) is 1. The van der Waals surface area contributed by atoms with E-state index < -0.39 is 12.2 Å². The van der Waals surface area contributed by atoms with Crippen LogP contribution in [0.2, 0.25) is 0 Å². The second-order valence-corrected chi connectivity index (χ2v) is 3.35. The van der Waals surface area contributed by atoms with Crippen LogP contribution in [0.1, 0.15) is 30.9 Å². The maximum Gasteiger partial charge on any atom is 0.266 e. The quantitative estimate of drug-likeness (QED) is 0.738. The highest BCUT2D eigenvalue weighted by Gasteiger charge is 2.05. The van der Waals surface area contributed by atoms with Gasteiger partial charge in [-0.1, -0.05) is 30.3 Å². The van der Waals surface area contributed by atoms with E-state index >= 15 is 0 Å². The average Bonchev–Trinajstić information content (AvgIpc) is 2.25. The first-order chi connectivity index (χ1) is 7.20. The van der Waals surface area contributed by atoms with Crippen LogP contribution in [0.4, 0.5) is 8.78 Å². The number of aliphatic hydroxyl groups is 1. The van der Waals surface area contributed by atoms with Crippen molar-refractivity contribution in [3.05, 3.63) is 48.1 Å². The van der Waals surface area contributed by atoms with Crippen molar-refractivity contribution in [1.82, 2.24) is 0 Å². The van der Waals surface area contributed by atoms with Crippen LogP contribution in [0.5, 0.6) is 0 Å². The SMILES string of the molecule is OC(CCCC=C(F)F)c1ccccc1. The van der Waals surface area contributed by atoms with E-state index in [0.717, 1.165) is 11.6 Å². The van der Waals surface area contributed by atoms with Crippen LogP contribution in [-0.2, 0) is 0 Å². The summed E-state index contributed by atoms with van der Waals surface area (Å²) in [7, 11) is 0. The van der Waals surface area contributed by atoms with Crippen LogP contribution < -0.4 is 0 Å². The van der Waals surface area contributed by atoms with Gasteiger partial charge in [0.25, 0.3) is 6.08 Å². The van der Waals surface area contributed by atoms with Gasteiger partial charge < -0.3 is 5.11 Å². The number of hydrogen-bond acceptors (Lipinski definition) is 1. The molecule has 1 atom stereocenters. The van der Waals surface area contributed by atoms with E-state index in [4.69, 9.17) is 0 Å². The third-order valence-corrected chi connectivity index (χ3v) is 2.16. The average molecular weight is 212 g/mol. The molecule has 1 N–H and O–H groups in total. The van der Waals surface area contributed by atoms with Crippen molar-refractivity contribution in [1.29, 1.82) is 0 Å². The fourth-order valence-corrected chi connectivity index (χ4v) is 1.36. The van der Waals surface area contributed by atoms with Crippen LogP contribution in [0.3, 0.4) is 0 Å². The number of aliphatic hydroxyl groups excluding tert-OH is 1. The van der Waals surface area contributed by atoms with E-state index in [1.165, 1.54) is 0 Å². The van der Waals surface area contributed by atoms with E-state index in [1.54, 1.807) is 0 Å². The van der Waals surface area contributed by atoms with Gasteiger partial charge in [0.1, 0.15) is 0 Å². The fraction of sp³-hybridized carbons (Fsp3) is 0.333. The first-order valence-electron chi connectivity index (χ1n) is 4.94. The van der Waals surface area contributed by atoms with Crippen LogP contribution in [0.15, 0.2) is 42.5 Å². The summed E-state index contributed by atoms with van der Waals surface area (Å²) in [6.45, 7) is 0. The van der Waals surface area contributed by atoms with Gasteiger partial charge in [-0.25, -0.2) is 0 Å². The first kappa shape index (κ1) is 11.9. The fourth-order valence-electron chi connectivity index (χ4n) is 1.36. The molecule has 82 valence electrons. The number of hydrogen-bond donors (Lipinski definition) is 1. The minimum atomic E-state index is -1.65. The van der Waals surface area contributed by atoms with E-state index in [-0.39, 0.29) is 0 Å². The Kier molecular flexibility index (Phi) is 4.98. The van der Waals surface area contributed by atoms with Crippen LogP contribution in [0, 0.1) is 0 Å². The summed E-state index contributed by atoms with van der Waals surface area (Å²) in [5.74, 6) is 0. The van der Waals surface area contributed by atoms with Gasteiger partial charge in [-0.2, -0.15) is 8.78 Å². The van der Waals surface area contributed by atoms with Gasteiger partial charge in [0, 0.05) is 0 Å². The predicted octanol–water partition coefficient (Wildman–Crippen LogP) is 3.67. The highest BCUT2D eigenvalue weighted by Crippen LogP contribution is 2.18. The molecule has 3 heteroatoms. The van der Waals surface area contributed by atoms with Gasteiger partial charge in [-0.05, 0) is 30.9 Å². The molecule has 0 heterocycles. The summed E-state index contributed by atoms with van der Waals surface area (Å²) in [5.41, 5.74) is 0.835. The Balaban J connectivity index is 2.31. The van der Waals surface area contributed by atoms with Gasteiger partial charge in [0.15, 0.2) is 0 Å². The molecule has 0 aliphatic rings. The van der Waals surface area contributed by atoms with E-state index in [2.05, 4.69) is 0 Å².